The standard InChI is InChI=1S/C13H11ClO2/c1-15-12-3-2-4-13(9-12)16-11-7-5-10(14)6-8-11/h2-9H,1H3. The molecule has 0 radical (unpaired) electrons. The van der Waals surface area contributed by atoms with Crippen molar-refractivity contribution in [1.29, 1.82) is 0 Å². The Morgan fingerprint density at radius 1 is 0.875 bits per heavy atom. The molecule has 0 aromatic heterocycles. The van der Waals surface area contributed by atoms with E-state index in [-0.39, 0.29) is 0 Å². The summed E-state index contributed by atoms with van der Waals surface area (Å²) in [7, 11) is 1.63. The smallest absolute Gasteiger partial charge is 0.131 e. The van der Waals surface area contributed by atoms with Crippen LogP contribution in [0.3, 0.4) is 0 Å². The first-order valence-corrected chi connectivity index (χ1v) is 5.23. The lowest BCUT2D eigenvalue weighted by molar-refractivity contribution is 0.409. The molecule has 82 valence electrons. The molecule has 0 heterocycles. The molecule has 3 heteroatoms. The van der Waals surface area contributed by atoms with Crippen LogP contribution in [0.4, 0.5) is 0 Å². The maximum Gasteiger partial charge on any atom is 0.131 e. The molecule has 2 aromatic rings. The van der Waals surface area contributed by atoms with Gasteiger partial charge in [0.05, 0.1) is 7.11 Å². The lowest BCUT2D eigenvalue weighted by Gasteiger charge is -2.06. The second kappa shape index (κ2) is 4.90. The van der Waals surface area contributed by atoms with Crippen LogP contribution in [0.2, 0.25) is 5.02 Å². The number of hydrogen-bond acceptors (Lipinski definition) is 2. The van der Waals surface area contributed by atoms with Gasteiger partial charge < -0.3 is 9.47 Å². The largest absolute Gasteiger partial charge is 0.497 e. The lowest BCUT2D eigenvalue weighted by Crippen LogP contribution is -1.86. The van der Waals surface area contributed by atoms with Crippen LogP contribution in [-0.2, 0) is 0 Å². The van der Waals surface area contributed by atoms with Gasteiger partial charge in [-0.05, 0) is 36.4 Å². The van der Waals surface area contributed by atoms with Gasteiger partial charge in [-0.2, -0.15) is 0 Å². The monoisotopic (exact) mass is 234 g/mol. The van der Waals surface area contributed by atoms with Gasteiger partial charge in [-0.1, -0.05) is 17.7 Å². The van der Waals surface area contributed by atoms with E-state index in [1.807, 2.05) is 36.4 Å². The third-order valence-electron chi connectivity index (χ3n) is 2.09. The van der Waals surface area contributed by atoms with Crippen LogP contribution < -0.4 is 9.47 Å². The van der Waals surface area contributed by atoms with E-state index in [0.29, 0.717) is 5.02 Å². The highest BCUT2D eigenvalue weighted by Gasteiger charge is 1.98. The molecule has 0 aliphatic rings. The van der Waals surface area contributed by atoms with E-state index in [1.165, 1.54) is 0 Å². The van der Waals surface area contributed by atoms with E-state index < -0.39 is 0 Å². The van der Waals surface area contributed by atoms with Crippen LogP contribution in [-0.4, -0.2) is 7.11 Å². The fourth-order valence-corrected chi connectivity index (χ4v) is 1.43. The minimum atomic E-state index is 0.693. The SMILES string of the molecule is COc1cccc(Oc2ccc(Cl)cc2)c1. The maximum absolute atomic E-state index is 5.79. The Morgan fingerprint density at radius 3 is 2.25 bits per heavy atom. The molecule has 0 N–H and O–H groups in total. The van der Waals surface area contributed by atoms with Crippen molar-refractivity contribution in [2.75, 3.05) is 7.11 Å². The first-order chi connectivity index (χ1) is 7.78. The first kappa shape index (κ1) is 10.8. The van der Waals surface area contributed by atoms with Crippen LogP contribution in [0.25, 0.3) is 0 Å². The van der Waals surface area contributed by atoms with Gasteiger partial charge >= 0.3 is 0 Å². The van der Waals surface area contributed by atoms with Gasteiger partial charge in [-0.3, -0.25) is 0 Å². The molecule has 0 saturated carbocycles. The number of methoxy groups -OCH3 is 1. The summed E-state index contributed by atoms with van der Waals surface area (Å²) in [6.07, 6.45) is 0. The van der Waals surface area contributed by atoms with E-state index in [2.05, 4.69) is 0 Å². The zero-order chi connectivity index (χ0) is 11.4. The van der Waals surface area contributed by atoms with Gasteiger partial charge in [-0.25, -0.2) is 0 Å². The maximum atomic E-state index is 5.79. The fourth-order valence-electron chi connectivity index (χ4n) is 1.30. The predicted molar refractivity (Wildman–Crippen MR) is 64.5 cm³/mol. The molecule has 2 rings (SSSR count). The molecule has 0 aliphatic carbocycles. The van der Waals surface area contributed by atoms with Crippen molar-refractivity contribution < 1.29 is 9.47 Å². The molecule has 0 unspecified atom stereocenters. The minimum Gasteiger partial charge on any atom is -0.497 e. The number of hydrogen-bond donors (Lipinski definition) is 0. The van der Waals surface area contributed by atoms with Crippen molar-refractivity contribution >= 4 is 11.6 Å². The van der Waals surface area contributed by atoms with Gasteiger partial charge in [0.2, 0.25) is 0 Å². The highest BCUT2D eigenvalue weighted by atomic mass is 35.5. The molecule has 0 fully saturated rings. The Kier molecular flexibility index (Phi) is 3.32. The summed E-state index contributed by atoms with van der Waals surface area (Å²) in [5, 5.41) is 0.693. The minimum absolute atomic E-state index is 0.693. The molecule has 16 heavy (non-hydrogen) atoms. The topological polar surface area (TPSA) is 18.5 Å². The molecular weight excluding hydrogens is 224 g/mol. The highest BCUT2D eigenvalue weighted by molar-refractivity contribution is 6.30. The summed E-state index contributed by atoms with van der Waals surface area (Å²) < 4.78 is 10.7. The van der Waals surface area contributed by atoms with Crippen LogP contribution in [0.1, 0.15) is 0 Å². The molecule has 2 nitrogen and oxygen atoms in total. The van der Waals surface area contributed by atoms with E-state index in [4.69, 9.17) is 21.1 Å². The zero-order valence-corrected chi connectivity index (χ0v) is 9.57. The molecular formula is C13H11ClO2. The summed E-state index contributed by atoms with van der Waals surface area (Å²) in [5.41, 5.74) is 0. The average molecular weight is 235 g/mol. The Labute approximate surface area is 99.4 Å². The highest BCUT2D eigenvalue weighted by Crippen LogP contribution is 2.25. The molecule has 0 saturated heterocycles. The Morgan fingerprint density at radius 2 is 1.56 bits per heavy atom. The number of halogens is 1. The molecule has 0 aliphatic heterocycles. The van der Waals surface area contributed by atoms with E-state index >= 15 is 0 Å². The predicted octanol–water partition coefficient (Wildman–Crippen LogP) is 4.14. The van der Waals surface area contributed by atoms with Crippen LogP contribution >= 0.6 is 11.6 Å². The number of rotatable bonds is 3. The quantitative estimate of drug-likeness (QED) is 0.795. The molecule has 2 aromatic carbocycles. The van der Waals surface area contributed by atoms with Crippen molar-refractivity contribution in [3.63, 3.8) is 0 Å². The van der Waals surface area contributed by atoms with E-state index in [0.717, 1.165) is 17.2 Å². The van der Waals surface area contributed by atoms with Gasteiger partial charge in [0.15, 0.2) is 0 Å². The van der Waals surface area contributed by atoms with Gasteiger partial charge in [0.1, 0.15) is 17.2 Å². The summed E-state index contributed by atoms with van der Waals surface area (Å²) in [6, 6.07) is 14.7. The molecule has 0 bridgehead atoms. The van der Waals surface area contributed by atoms with E-state index in [1.54, 1.807) is 19.2 Å². The van der Waals surface area contributed by atoms with E-state index in [9.17, 15) is 0 Å². The molecule has 0 spiro atoms. The average Bonchev–Trinajstić information content (AvgIpc) is 2.32. The number of ether oxygens (including phenoxy) is 2. The van der Waals surface area contributed by atoms with Crippen LogP contribution in [0, 0.1) is 0 Å². The molecule has 0 atom stereocenters. The third-order valence-corrected chi connectivity index (χ3v) is 2.34. The van der Waals surface area contributed by atoms with Crippen molar-refractivity contribution in [2.45, 2.75) is 0 Å². The van der Waals surface area contributed by atoms with Crippen LogP contribution in [0.15, 0.2) is 48.5 Å². The summed E-state index contributed by atoms with van der Waals surface area (Å²) >= 11 is 5.79. The van der Waals surface area contributed by atoms with Gasteiger partial charge in [-0.15, -0.1) is 0 Å². The Balaban J connectivity index is 2.16. The van der Waals surface area contributed by atoms with Crippen LogP contribution in [0.5, 0.6) is 17.2 Å². The van der Waals surface area contributed by atoms with Gasteiger partial charge in [0.25, 0.3) is 0 Å². The number of benzene rings is 2. The normalized spacial score (nSPS) is 9.88. The first-order valence-electron chi connectivity index (χ1n) is 4.85. The van der Waals surface area contributed by atoms with Crippen molar-refractivity contribution in [3.8, 4) is 17.2 Å². The summed E-state index contributed by atoms with van der Waals surface area (Å²) in [5.74, 6) is 2.26. The second-order valence-corrected chi connectivity index (χ2v) is 3.67. The van der Waals surface area contributed by atoms with Gasteiger partial charge in [0, 0.05) is 11.1 Å². The fraction of sp³-hybridized carbons (Fsp3) is 0.0769. The second-order valence-electron chi connectivity index (χ2n) is 3.23. The van der Waals surface area contributed by atoms with Crippen molar-refractivity contribution in [1.82, 2.24) is 0 Å². The third kappa shape index (κ3) is 2.67. The molecule has 0 amide bonds. The lowest BCUT2D eigenvalue weighted by atomic mass is 10.3. The van der Waals surface area contributed by atoms with Crippen molar-refractivity contribution in [3.05, 3.63) is 53.6 Å². The summed E-state index contributed by atoms with van der Waals surface area (Å²) in [6.45, 7) is 0. The Bertz CT molecular complexity index is 466. The summed E-state index contributed by atoms with van der Waals surface area (Å²) in [4.78, 5) is 0. The Hall–Kier alpha value is -1.67. The van der Waals surface area contributed by atoms with Crippen molar-refractivity contribution in [2.24, 2.45) is 0 Å². The zero-order valence-electron chi connectivity index (χ0n) is 8.81.